The monoisotopic (exact) mass is 364 g/mol. The molecule has 140 valence electrons. The van der Waals surface area contributed by atoms with Crippen molar-refractivity contribution in [2.75, 3.05) is 13.1 Å². The predicted octanol–water partition coefficient (Wildman–Crippen LogP) is 2.25. The van der Waals surface area contributed by atoms with Gasteiger partial charge in [-0.25, -0.2) is 9.50 Å². The molecule has 0 bridgehead atoms. The molecule has 1 aliphatic heterocycles. The number of carbonyl (C=O) groups is 1. The molecule has 7 heteroatoms. The maximum absolute atomic E-state index is 12.8. The normalized spacial score (nSPS) is 17.7. The molecule has 2 aromatic heterocycles. The van der Waals surface area contributed by atoms with E-state index in [1.165, 1.54) is 11.9 Å². The summed E-state index contributed by atoms with van der Waals surface area (Å²) in [6.45, 7) is 6.88. The molecule has 0 aliphatic carbocycles. The molecule has 0 spiro atoms. The van der Waals surface area contributed by atoms with Crippen molar-refractivity contribution in [3.63, 3.8) is 0 Å². The first-order valence-corrected chi connectivity index (χ1v) is 9.38. The third-order valence-electron chi connectivity index (χ3n) is 4.96. The first kappa shape index (κ1) is 17.6. The Morgan fingerprint density at radius 1 is 1.30 bits per heavy atom. The van der Waals surface area contributed by atoms with Crippen LogP contribution in [0.15, 0.2) is 42.7 Å². The lowest BCUT2D eigenvalue weighted by atomic mass is 10.1. The minimum Gasteiger partial charge on any atom is -0.347 e. The van der Waals surface area contributed by atoms with Crippen LogP contribution in [0.2, 0.25) is 0 Å². The number of fused-ring (bicyclic) bond motifs is 1. The Morgan fingerprint density at radius 3 is 2.89 bits per heavy atom. The highest BCUT2D eigenvalue weighted by atomic mass is 16.2. The molecule has 0 radical (unpaired) electrons. The summed E-state index contributed by atoms with van der Waals surface area (Å²) < 4.78 is 1.69. The number of carbonyl (C=O) groups excluding carboxylic acids is 1. The van der Waals surface area contributed by atoms with Crippen LogP contribution in [0.25, 0.3) is 5.78 Å². The van der Waals surface area contributed by atoms with Crippen LogP contribution < -0.4 is 5.32 Å². The molecule has 4 rings (SSSR count). The van der Waals surface area contributed by atoms with Crippen molar-refractivity contribution in [2.24, 2.45) is 0 Å². The summed E-state index contributed by atoms with van der Waals surface area (Å²) in [6.07, 6.45) is 2.41. The Labute approximate surface area is 158 Å². The summed E-state index contributed by atoms with van der Waals surface area (Å²) in [5.74, 6) is 0.536. The van der Waals surface area contributed by atoms with Gasteiger partial charge >= 0.3 is 0 Å². The van der Waals surface area contributed by atoms with Gasteiger partial charge in [0.2, 0.25) is 0 Å². The number of likely N-dealkylation sites (tertiary alicyclic amines) is 1. The smallest absolute Gasteiger partial charge is 0.270 e. The van der Waals surface area contributed by atoms with Gasteiger partial charge in [-0.15, -0.1) is 0 Å². The molecule has 1 amide bonds. The van der Waals surface area contributed by atoms with E-state index in [1.807, 2.05) is 12.1 Å². The van der Waals surface area contributed by atoms with Gasteiger partial charge in [-0.05, 0) is 24.0 Å². The molecule has 1 aliphatic rings. The van der Waals surface area contributed by atoms with Gasteiger partial charge in [0.1, 0.15) is 12.0 Å². The van der Waals surface area contributed by atoms with Crippen LogP contribution in [0.4, 0.5) is 0 Å². The van der Waals surface area contributed by atoms with Gasteiger partial charge in [0.25, 0.3) is 11.7 Å². The van der Waals surface area contributed by atoms with E-state index in [2.05, 4.69) is 63.4 Å². The molecule has 1 atom stereocenters. The van der Waals surface area contributed by atoms with Crippen molar-refractivity contribution in [1.82, 2.24) is 29.8 Å². The molecular formula is C20H24N6O. The van der Waals surface area contributed by atoms with E-state index >= 15 is 0 Å². The van der Waals surface area contributed by atoms with Crippen molar-refractivity contribution in [1.29, 1.82) is 0 Å². The van der Waals surface area contributed by atoms with Crippen LogP contribution in [-0.2, 0) is 6.54 Å². The highest BCUT2D eigenvalue weighted by Gasteiger charge is 2.25. The molecule has 3 aromatic rings. The Hall–Kier alpha value is -2.80. The van der Waals surface area contributed by atoms with Gasteiger partial charge in [-0.1, -0.05) is 44.2 Å². The van der Waals surface area contributed by atoms with Crippen molar-refractivity contribution in [3.05, 3.63) is 59.7 Å². The van der Waals surface area contributed by atoms with Crippen LogP contribution >= 0.6 is 0 Å². The van der Waals surface area contributed by atoms with Crippen LogP contribution in [0.1, 0.15) is 47.9 Å². The lowest BCUT2D eigenvalue weighted by Gasteiger charge is -2.17. The van der Waals surface area contributed by atoms with Crippen molar-refractivity contribution < 1.29 is 4.79 Å². The number of aromatic nitrogens is 4. The third kappa shape index (κ3) is 3.83. The summed E-state index contributed by atoms with van der Waals surface area (Å²) in [5.41, 5.74) is 2.63. The lowest BCUT2D eigenvalue weighted by Crippen LogP contribution is -2.37. The average Bonchev–Trinajstić information content (AvgIpc) is 3.30. The molecule has 3 heterocycles. The summed E-state index contributed by atoms with van der Waals surface area (Å²) in [7, 11) is 0. The second-order valence-corrected chi connectivity index (χ2v) is 7.37. The number of benzene rings is 1. The molecule has 27 heavy (non-hydrogen) atoms. The molecule has 1 N–H and O–H groups in total. The highest BCUT2D eigenvalue weighted by molar-refractivity contribution is 5.93. The van der Waals surface area contributed by atoms with Gasteiger partial charge in [0, 0.05) is 25.7 Å². The minimum absolute atomic E-state index is 0.139. The zero-order chi connectivity index (χ0) is 18.8. The fraction of sp³-hybridized carbons (Fsp3) is 0.400. The van der Waals surface area contributed by atoms with Gasteiger partial charge in [-0.2, -0.15) is 10.1 Å². The Bertz CT molecular complexity index is 936. The van der Waals surface area contributed by atoms with E-state index in [0.717, 1.165) is 31.7 Å². The number of rotatable bonds is 5. The second kappa shape index (κ2) is 7.44. The van der Waals surface area contributed by atoms with E-state index in [0.29, 0.717) is 11.5 Å². The fourth-order valence-electron chi connectivity index (χ4n) is 3.56. The highest BCUT2D eigenvalue weighted by Crippen LogP contribution is 2.17. The number of nitrogens with one attached hydrogen (secondary N) is 1. The number of amides is 1. The average molecular weight is 364 g/mol. The summed E-state index contributed by atoms with van der Waals surface area (Å²) in [6, 6.07) is 12.4. The standard InChI is InChI=1S/C20H24N6O/c1-14(2)18-10-17(24-20-21-13-22-26(18)20)19(27)23-16-8-9-25(12-16)11-15-6-4-3-5-7-15/h3-7,10,13-14,16H,8-9,11-12H2,1-2H3,(H,23,27)/t16-/m1/s1. The predicted molar refractivity (Wildman–Crippen MR) is 102 cm³/mol. The van der Waals surface area contributed by atoms with Gasteiger partial charge in [0.05, 0.1) is 5.69 Å². The lowest BCUT2D eigenvalue weighted by molar-refractivity contribution is 0.0932. The number of nitrogens with zero attached hydrogens (tertiary/aromatic N) is 5. The van der Waals surface area contributed by atoms with Crippen molar-refractivity contribution >= 4 is 11.7 Å². The molecule has 0 unspecified atom stereocenters. The minimum atomic E-state index is -0.144. The van der Waals surface area contributed by atoms with E-state index in [1.54, 1.807) is 4.52 Å². The van der Waals surface area contributed by atoms with Gasteiger partial charge in [0.15, 0.2) is 0 Å². The third-order valence-corrected chi connectivity index (χ3v) is 4.96. The van der Waals surface area contributed by atoms with E-state index in [-0.39, 0.29) is 17.9 Å². The van der Waals surface area contributed by atoms with Crippen LogP contribution in [0, 0.1) is 0 Å². The fourth-order valence-corrected chi connectivity index (χ4v) is 3.56. The summed E-state index contributed by atoms with van der Waals surface area (Å²) in [4.78, 5) is 23.6. The van der Waals surface area contributed by atoms with Gasteiger partial charge in [-0.3, -0.25) is 9.69 Å². The van der Waals surface area contributed by atoms with Crippen LogP contribution in [0.3, 0.4) is 0 Å². The van der Waals surface area contributed by atoms with E-state index in [9.17, 15) is 4.79 Å². The summed E-state index contributed by atoms with van der Waals surface area (Å²) in [5, 5.41) is 7.33. The maximum Gasteiger partial charge on any atom is 0.270 e. The molecule has 1 saturated heterocycles. The van der Waals surface area contributed by atoms with Crippen molar-refractivity contribution in [2.45, 2.75) is 38.8 Å². The molecular weight excluding hydrogens is 340 g/mol. The second-order valence-electron chi connectivity index (χ2n) is 7.37. The molecule has 0 saturated carbocycles. The molecule has 1 fully saturated rings. The van der Waals surface area contributed by atoms with Crippen LogP contribution in [-0.4, -0.2) is 49.5 Å². The van der Waals surface area contributed by atoms with E-state index < -0.39 is 0 Å². The topological polar surface area (TPSA) is 75.4 Å². The van der Waals surface area contributed by atoms with Crippen LogP contribution in [0.5, 0.6) is 0 Å². The first-order chi connectivity index (χ1) is 13.1. The Morgan fingerprint density at radius 2 is 2.11 bits per heavy atom. The molecule has 7 nitrogen and oxygen atoms in total. The SMILES string of the molecule is CC(C)c1cc(C(=O)N[C@@H]2CCN(Cc3ccccc3)C2)nc2ncnn12. The van der Waals surface area contributed by atoms with E-state index in [4.69, 9.17) is 0 Å². The first-order valence-electron chi connectivity index (χ1n) is 9.38. The zero-order valence-electron chi connectivity index (χ0n) is 15.7. The maximum atomic E-state index is 12.8. The molecule has 1 aromatic carbocycles. The Balaban J connectivity index is 1.43. The Kier molecular flexibility index (Phi) is 4.85. The van der Waals surface area contributed by atoms with Crippen molar-refractivity contribution in [3.8, 4) is 0 Å². The number of hydrogen-bond acceptors (Lipinski definition) is 5. The zero-order valence-corrected chi connectivity index (χ0v) is 15.7. The summed E-state index contributed by atoms with van der Waals surface area (Å²) >= 11 is 0. The quantitative estimate of drug-likeness (QED) is 0.752. The number of hydrogen-bond donors (Lipinski definition) is 1. The largest absolute Gasteiger partial charge is 0.347 e. The van der Waals surface area contributed by atoms with Gasteiger partial charge < -0.3 is 5.32 Å².